The molecule has 9 heteroatoms. The van der Waals surface area contributed by atoms with Crippen LogP contribution >= 0.6 is 11.6 Å². The lowest BCUT2D eigenvalue weighted by atomic mass is 9.76. The monoisotopic (exact) mass is 500 g/mol. The molecule has 0 amide bonds. The van der Waals surface area contributed by atoms with Crippen molar-refractivity contribution in [2.45, 2.75) is 38.1 Å². The van der Waals surface area contributed by atoms with Gasteiger partial charge in [-0.25, -0.2) is 22.8 Å². The first-order chi connectivity index (χ1) is 16.4. The number of piperidine rings is 1. The van der Waals surface area contributed by atoms with Crippen molar-refractivity contribution < 1.29 is 12.8 Å². The quantitative estimate of drug-likeness (QED) is 0.574. The SMILES string of the molecule is O=S(=O)(C1=CN=C(Cl)CC1)N1CCC2C(=CC=CC2c2cncn2CCc2ccc(F)cc2)C1. The molecule has 0 N–H and O–H groups in total. The van der Waals surface area contributed by atoms with E-state index in [1.807, 2.05) is 36.8 Å². The van der Waals surface area contributed by atoms with E-state index in [0.717, 1.165) is 36.2 Å². The zero-order valence-electron chi connectivity index (χ0n) is 18.6. The van der Waals surface area contributed by atoms with E-state index in [1.54, 1.807) is 4.31 Å². The third kappa shape index (κ3) is 4.67. The summed E-state index contributed by atoms with van der Waals surface area (Å²) in [6.07, 6.45) is 13.8. The number of hydrogen-bond acceptors (Lipinski definition) is 4. The van der Waals surface area contributed by atoms with Crippen LogP contribution in [0.1, 0.15) is 36.4 Å². The van der Waals surface area contributed by atoms with E-state index < -0.39 is 10.0 Å². The summed E-state index contributed by atoms with van der Waals surface area (Å²) in [7, 11) is -3.56. The number of allylic oxidation sites excluding steroid dienone is 4. The molecule has 178 valence electrons. The van der Waals surface area contributed by atoms with Crippen LogP contribution in [0.25, 0.3) is 0 Å². The third-order valence-corrected chi connectivity index (χ3v) is 9.08. The number of aliphatic imine (C=N–C) groups is 1. The largest absolute Gasteiger partial charge is 0.334 e. The van der Waals surface area contributed by atoms with Crippen molar-refractivity contribution in [2.75, 3.05) is 13.1 Å². The summed E-state index contributed by atoms with van der Waals surface area (Å²) in [6, 6.07) is 6.59. The van der Waals surface area contributed by atoms with Crippen molar-refractivity contribution in [1.29, 1.82) is 0 Å². The Bertz CT molecular complexity index is 1290. The fraction of sp³-hybridized carbons (Fsp3) is 0.360. The van der Waals surface area contributed by atoms with Crippen LogP contribution in [-0.2, 0) is 23.0 Å². The lowest BCUT2D eigenvalue weighted by molar-refractivity contribution is 0.321. The molecule has 34 heavy (non-hydrogen) atoms. The van der Waals surface area contributed by atoms with Crippen LogP contribution in [-0.4, -0.2) is 40.5 Å². The van der Waals surface area contributed by atoms with Gasteiger partial charge in [0.15, 0.2) is 0 Å². The highest BCUT2D eigenvalue weighted by Gasteiger charge is 2.38. The minimum Gasteiger partial charge on any atom is -0.334 e. The highest BCUT2D eigenvalue weighted by Crippen LogP contribution is 2.41. The van der Waals surface area contributed by atoms with Crippen molar-refractivity contribution in [3.63, 3.8) is 0 Å². The molecular formula is C25H26ClFN4O2S. The topological polar surface area (TPSA) is 67.6 Å². The molecule has 2 aromatic rings. The number of imidazole rings is 1. The van der Waals surface area contributed by atoms with Gasteiger partial charge in [0.1, 0.15) is 11.0 Å². The Hall–Kier alpha value is -2.55. The number of aromatic nitrogens is 2. The third-order valence-electron chi connectivity index (χ3n) is 6.83. The molecule has 2 unspecified atom stereocenters. The molecule has 5 rings (SSSR count). The van der Waals surface area contributed by atoms with Crippen molar-refractivity contribution in [2.24, 2.45) is 10.9 Å². The van der Waals surface area contributed by atoms with Gasteiger partial charge in [-0.15, -0.1) is 0 Å². The fourth-order valence-corrected chi connectivity index (χ4v) is 6.64. The van der Waals surface area contributed by atoms with Gasteiger partial charge in [0, 0.05) is 50.1 Å². The number of nitrogens with zero attached hydrogens (tertiary/aromatic N) is 4. The Morgan fingerprint density at radius 3 is 2.76 bits per heavy atom. The Kier molecular flexibility index (Phi) is 6.55. The summed E-state index contributed by atoms with van der Waals surface area (Å²) in [4.78, 5) is 8.74. The van der Waals surface area contributed by atoms with Crippen LogP contribution in [0.4, 0.5) is 4.39 Å². The molecule has 0 radical (unpaired) electrons. The normalized spacial score (nSPS) is 23.2. The molecule has 2 atom stereocenters. The number of halogens is 2. The average molecular weight is 501 g/mol. The standard InChI is InChI=1S/C25H26ClFN4O2S/c26-25-9-8-21(14-29-25)34(32,33)31-13-11-22-19(16-31)2-1-3-23(22)24-15-28-17-30(24)12-10-18-4-6-20(27)7-5-18/h1-7,14-15,17,22-23H,8-13,16H2. The number of hydrogen-bond donors (Lipinski definition) is 0. The minimum absolute atomic E-state index is 0.137. The molecule has 0 saturated carbocycles. The van der Waals surface area contributed by atoms with Gasteiger partial charge in [0.25, 0.3) is 0 Å². The maximum absolute atomic E-state index is 13.2. The Morgan fingerprint density at radius 2 is 2.00 bits per heavy atom. The second-order valence-electron chi connectivity index (χ2n) is 8.88. The van der Waals surface area contributed by atoms with Crippen LogP contribution < -0.4 is 0 Å². The number of benzene rings is 1. The smallest absolute Gasteiger partial charge is 0.241 e. The predicted octanol–water partition coefficient (Wildman–Crippen LogP) is 4.77. The first-order valence-corrected chi connectivity index (χ1v) is 13.3. The van der Waals surface area contributed by atoms with Crippen molar-refractivity contribution in [3.05, 3.63) is 88.8 Å². The van der Waals surface area contributed by atoms with Crippen LogP contribution in [0.3, 0.4) is 0 Å². The predicted molar refractivity (Wildman–Crippen MR) is 131 cm³/mol. The number of sulfonamides is 1. The fourth-order valence-electron chi connectivity index (χ4n) is 4.95. The Balaban J connectivity index is 1.30. The second-order valence-corrected chi connectivity index (χ2v) is 11.3. The van der Waals surface area contributed by atoms with E-state index in [0.29, 0.717) is 36.0 Å². The van der Waals surface area contributed by atoms with E-state index in [-0.39, 0.29) is 17.7 Å². The molecule has 1 aliphatic carbocycles. The van der Waals surface area contributed by atoms with Crippen LogP contribution in [0, 0.1) is 11.7 Å². The zero-order chi connectivity index (χ0) is 23.7. The Labute approximate surface area is 204 Å². The van der Waals surface area contributed by atoms with E-state index in [1.165, 1.54) is 18.3 Å². The molecule has 3 heterocycles. The van der Waals surface area contributed by atoms with E-state index >= 15 is 0 Å². The number of aryl methyl sites for hydroxylation is 2. The summed E-state index contributed by atoms with van der Waals surface area (Å²) >= 11 is 5.91. The maximum atomic E-state index is 13.2. The summed E-state index contributed by atoms with van der Waals surface area (Å²) in [5.41, 5.74) is 3.30. The molecule has 1 aromatic carbocycles. The van der Waals surface area contributed by atoms with Crippen LogP contribution in [0.15, 0.2) is 76.7 Å². The van der Waals surface area contributed by atoms with Gasteiger partial charge in [-0.3, -0.25) is 0 Å². The number of fused-ring (bicyclic) bond motifs is 1. The van der Waals surface area contributed by atoms with Crippen LogP contribution in [0.2, 0.25) is 0 Å². The first kappa shape index (κ1) is 23.2. The van der Waals surface area contributed by atoms with Crippen molar-refractivity contribution in [1.82, 2.24) is 13.9 Å². The first-order valence-electron chi connectivity index (χ1n) is 11.4. The number of rotatable bonds is 6. The molecule has 1 saturated heterocycles. The molecule has 6 nitrogen and oxygen atoms in total. The molecule has 0 spiro atoms. The van der Waals surface area contributed by atoms with Gasteiger partial charge in [0.05, 0.1) is 11.2 Å². The summed E-state index contributed by atoms with van der Waals surface area (Å²) in [6.45, 7) is 1.59. The summed E-state index contributed by atoms with van der Waals surface area (Å²) < 4.78 is 43.3. The molecule has 3 aliphatic rings. The van der Waals surface area contributed by atoms with Crippen molar-refractivity contribution >= 4 is 26.8 Å². The van der Waals surface area contributed by atoms with Gasteiger partial charge in [-0.1, -0.05) is 47.5 Å². The molecule has 0 bridgehead atoms. The molecular weight excluding hydrogens is 475 g/mol. The lowest BCUT2D eigenvalue weighted by Crippen LogP contribution is -2.42. The van der Waals surface area contributed by atoms with E-state index in [4.69, 9.17) is 11.6 Å². The summed E-state index contributed by atoms with van der Waals surface area (Å²) in [5.74, 6) is 0.131. The van der Waals surface area contributed by atoms with Gasteiger partial charge >= 0.3 is 0 Å². The van der Waals surface area contributed by atoms with E-state index in [9.17, 15) is 12.8 Å². The highest BCUT2D eigenvalue weighted by atomic mass is 35.5. The van der Waals surface area contributed by atoms with Gasteiger partial charge in [-0.05, 0) is 42.9 Å². The summed E-state index contributed by atoms with van der Waals surface area (Å²) in [5, 5.41) is 0.441. The average Bonchev–Trinajstić information content (AvgIpc) is 3.31. The van der Waals surface area contributed by atoms with Gasteiger partial charge < -0.3 is 4.57 Å². The molecule has 1 aromatic heterocycles. The molecule has 1 fully saturated rings. The second kappa shape index (κ2) is 9.60. The van der Waals surface area contributed by atoms with Crippen LogP contribution in [0.5, 0.6) is 0 Å². The zero-order valence-corrected chi connectivity index (χ0v) is 20.2. The van der Waals surface area contributed by atoms with Gasteiger partial charge in [-0.2, -0.15) is 4.31 Å². The highest BCUT2D eigenvalue weighted by molar-refractivity contribution is 7.93. The lowest BCUT2D eigenvalue weighted by Gasteiger charge is -2.38. The maximum Gasteiger partial charge on any atom is 0.241 e. The Morgan fingerprint density at radius 1 is 1.18 bits per heavy atom. The molecule has 2 aliphatic heterocycles. The van der Waals surface area contributed by atoms with Gasteiger partial charge in [0.2, 0.25) is 10.0 Å². The van der Waals surface area contributed by atoms with E-state index in [2.05, 4.69) is 20.6 Å². The van der Waals surface area contributed by atoms with Crippen molar-refractivity contribution in [3.8, 4) is 0 Å². The minimum atomic E-state index is -3.56.